The Bertz CT molecular complexity index is 1560. The molecule has 0 radical (unpaired) electrons. The summed E-state index contributed by atoms with van der Waals surface area (Å²) in [5, 5.41) is 23.9. The van der Waals surface area contributed by atoms with Crippen molar-refractivity contribution in [3.8, 4) is 0 Å². The Morgan fingerprint density at radius 2 is 1.37 bits per heavy atom. The van der Waals surface area contributed by atoms with Crippen molar-refractivity contribution in [3.05, 3.63) is 108 Å². The number of nitrogens with zero attached hydrogens (tertiary/aromatic N) is 4. The lowest BCUT2D eigenvalue weighted by Gasteiger charge is -2.34. The van der Waals surface area contributed by atoms with Crippen molar-refractivity contribution in [2.24, 2.45) is 20.5 Å². The Morgan fingerprint density at radius 1 is 0.686 bits per heavy atom. The summed E-state index contributed by atoms with van der Waals surface area (Å²) in [5.74, 6) is 0. The molecule has 0 fully saturated rings. The monoisotopic (exact) mass is 455 g/mol. The highest BCUT2D eigenvalue weighted by Crippen LogP contribution is 2.44. The van der Waals surface area contributed by atoms with Crippen molar-refractivity contribution in [1.82, 2.24) is 0 Å². The van der Waals surface area contributed by atoms with Gasteiger partial charge in [-0.3, -0.25) is 0 Å². The van der Waals surface area contributed by atoms with Crippen molar-refractivity contribution in [1.29, 1.82) is 0 Å². The largest absolute Gasteiger partial charge is 0.376 e. The van der Waals surface area contributed by atoms with E-state index in [1.165, 1.54) is 11.1 Å². The van der Waals surface area contributed by atoms with E-state index in [2.05, 4.69) is 70.9 Å². The van der Waals surface area contributed by atoms with E-state index in [4.69, 9.17) is 5.11 Å². The number of fused-ring (bicyclic) bond motifs is 1. The molecular weight excluding hydrogens is 430 g/mol. The zero-order chi connectivity index (χ0) is 23.8. The first-order valence-electron chi connectivity index (χ1n) is 11.8. The molecule has 0 unspecified atom stereocenters. The number of allylic oxidation sites excluding steroid dienone is 2. The third-order valence-corrected chi connectivity index (χ3v) is 6.34. The van der Waals surface area contributed by atoms with Gasteiger partial charge in [0.1, 0.15) is 0 Å². The molecule has 0 amide bonds. The molecule has 5 heteroatoms. The van der Waals surface area contributed by atoms with E-state index in [0.29, 0.717) is 0 Å². The summed E-state index contributed by atoms with van der Waals surface area (Å²) in [6.07, 6.45) is 5.34. The lowest BCUT2D eigenvalue weighted by atomic mass is 9.82. The smallest absolute Gasteiger partial charge is 0.0936 e. The van der Waals surface area contributed by atoms with Gasteiger partial charge >= 0.3 is 0 Å². The van der Waals surface area contributed by atoms with Gasteiger partial charge in [0.15, 0.2) is 0 Å². The standard InChI is InChI=1S/C30H25N5/c1-30(2)19-20-15-16-27(24-13-8-14-28(31-30)29(20)24)35-34-26-18-17-25(22-11-6-7-12-23(22)26)33-32-21-9-4-3-5-10-21/h3-14,16-19,31H,15H2,1-2H3. The molecule has 4 aromatic rings. The summed E-state index contributed by atoms with van der Waals surface area (Å²) in [7, 11) is 0. The Labute approximate surface area is 204 Å². The molecule has 0 spiro atoms. The first kappa shape index (κ1) is 21.2. The predicted molar refractivity (Wildman–Crippen MR) is 144 cm³/mol. The maximum Gasteiger partial charge on any atom is 0.0936 e. The third kappa shape index (κ3) is 4.06. The second-order valence-electron chi connectivity index (χ2n) is 9.42. The fourth-order valence-corrected chi connectivity index (χ4v) is 4.83. The summed E-state index contributed by atoms with van der Waals surface area (Å²) in [6.45, 7) is 4.39. The molecule has 0 saturated carbocycles. The average Bonchev–Trinajstić information content (AvgIpc) is 2.87. The van der Waals surface area contributed by atoms with Gasteiger partial charge in [-0.1, -0.05) is 66.7 Å². The van der Waals surface area contributed by atoms with Crippen molar-refractivity contribution < 1.29 is 0 Å². The number of benzene rings is 4. The molecule has 170 valence electrons. The Kier molecular flexibility index (Phi) is 5.10. The van der Waals surface area contributed by atoms with Crippen molar-refractivity contribution in [2.75, 3.05) is 5.32 Å². The second-order valence-corrected chi connectivity index (χ2v) is 9.42. The van der Waals surface area contributed by atoms with Gasteiger partial charge in [-0.25, -0.2) is 0 Å². The Balaban J connectivity index is 1.36. The molecule has 0 saturated heterocycles. The number of nitrogens with one attached hydrogen (secondary N) is 1. The third-order valence-electron chi connectivity index (χ3n) is 6.34. The molecule has 0 aromatic heterocycles. The molecule has 1 aliphatic heterocycles. The van der Waals surface area contributed by atoms with Crippen molar-refractivity contribution in [3.63, 3.8) is 0 Å². The first-order chi connectivity index (χ1) is 17.1. The van der Waals surface area contributed by atoms with Crippen LogP contribution in [0.5, 0.6) is 0 Å². The zero-order valence-corrected chi connectivity index (χ0v) is 19.7. The number of hydrogen-bond acceptors (Lipinski definition) is 5. The molecular formula is C30H25N5. The van der Waals surface area contributed by atoms with Gasteiger partial charge in [0, 0.05) is 27.6 Å². The van der Waals surface area contributed by atoms with E-state index in [9.17, 15) is 0 Å². The number of anilines is 1. The normalized spacial score (nSPS) is 16.2. The number of rotatable bonds is 4. The minimum Gasteiger partial charge on any atom is -0.376 e. The van der Waals surface area contributed by atoms with Crippen LogP contribution in [0.2, 0.25) is 0 Å². The molecule has 0 atom stereocenters. The molecule has 0 bridgehead atoms. The topological polar surface area (TPSA) is 61.5 Å². The van der Waals surface area contributed by atoms with Crippen LogP contribution in [0.25, 0.3) is 22.0 Å². The van der Waals surface area contributed by atoms with Crippen LogP contribution in [0.1, 0.15) is 31.4 Å². The van der Waals surface area contributed by atoms with Crippen LogP contribution < -0.4 is 5.32 Å². The minimum atomic E-state index is -0.0632. The van der Waals surface area contributed by atoms with Crippen LogP contribution in [-0.2, 0) is 0 Å². The SMILES string of the molecule is CC1(C)C=C2CC=C(N=Nc3ccc(N=Nc4ccccc4)c4ccccc34)c3cccc(c32)N1. The maximum atomic E-state index is 4.72. The van der Waals surface area contributed by atoms with E-state index in [1.807, 2.05) is 60.7 Å². The van der Waals surface area contributed by atoms with E-state index >= 15 is 0 Å². The lowest BCUT2D eigenvalue weighted by molar-refractivity contribution is 0.705. The first-order valence-corrected chi connectivity index (χ1v) is 11.8. The van der Waals surface area contributed by atoms with Gasteiger partial charge in [-0.15, -0.1) is 10.2 Å². The predicted octanol–water partition coefficient (Wildman–Crippen LogP) is 9.37. The van der Waals surface area contributed by atoms with Gasteiger partial charge in [0.2, 0.25) is 0 Å². The van der Waals surface area contributed by atoms with E-state index < -0.39 is 0 Å². The van der Waals surface area contributed by atoms with Crippen LogP contribution in [0.15, 0.2) is 118 Å². The van der Waals surface area contributed by atoms with Gasteiger partial charge in [-0.2, -0.15) is 10.2 Å². The van der Waals surface area contributed by atoms with Crippen molar-refractivity contribution in [2.45, 2.75) is 25.8 Å². The fourth-order valence-electron chi connectivity index (χ4n) is 4.83. The summed E-state index contributed by atoms with van der Waals surface area (Å²) in [4.78, 5) is 0. The van der Waals surface area contributed by atoms with Gasteiger partial charge in [0.25, 0.3) is 0 Å². The molecule has 5 nitrogen and oxygen atoms in total. The maximum absolute atomic E-state index is 4.72. The van der Waals surface area contributed by atoms with E-state index in [0.717, 1.165) is 51.2 Å². The van der Waals surface area contributed by atoms with Gasteiger partial charge in [-0.05, 0) is 56.2 Å². The Hall–Kier alpha value is -4.38. The fraction of sp³-hybridized carbons (Fsp3) is 0.133. The van der Waals surface area contributed by atoms with E-state index in [-0.39, 0.29) is 5.54 Å². The summed E-state index contributed by atoms with van der Waals surface area (Å²) in [6, 6.07) is 28.1. The zero-order valence-electron chi connectivity index (χ0n) is 19.7. The molecule has 2 aliphatic rings. The van der Waals surface area contributed by atoms with Gasteiger partial charge < -0.3 is 5.32 Å². The molecule has 35 heavy (non-hydrogen) atoms. The minimum absolute atomic E-state index is 0.0632. The van der Waals surface area contributed by atoms with Crippen LogP contribution in [-0.4, -0.2) is 5.54 Å². The van der Waals surface area contributed by atoms with Gasteiger partial charge in [0.05, 0.1) is 28.3 Å². The highest BCUT2D eigenvalue weighted by atomic mass is 15.1. The summed E-state index contributed by atoms with van der Waals surface area (Å²) >= 11 is 0. The van der Waals surface area contributed by atoms with E-state index in [1.54, 1.807) is 0 Å². The molecule has 1 heterocycles. The highest BCUT2D eigenvalue weighted by Gasteiger charge is 2.28. The average molecular weight is 456 g/mol. The second kappa shape index (κ2) is 8.44. The van der Waals surface area contributed by atoms with Crippen LogP contribution in [0.4, 0.5) is 22.7 Å². The van der Waals surface area contributed by atoms with Crippen LogP contribution in [0.3, 0.4) is 0 Å². The molecule has 1 N–H and O–H groups in total. The molecule has 1 aliphatic carbocycles. The summed E-state index contributed by atoms with van der Waals surface area (Å²) < 4.78 is 0. The molecule has 6 rings (SSSR count). The summed E-state index contributed by atoms with van der Waals surface area (Å²) in [5.41, 5.74) is 8.13. The van der Waals surface area contributed by atoms with Crippen molar-refractivity contribution >= 4 is 44.8 Å². The van der Waals surface area contributed by atoms with Crippen LogP contribution in [0, 0.1) is 0 Å². The quantitative estimate of drug-likeness (QED) is 0.306. The van der Waals surface area contributed by atoms with Crippen LogP contribution >= 0.6 is 0 Å². The highest BCUT2D eigenvalue weighted by molar-refractivity contribution is 6.00. The number of hydrogen-bond donors (Lipinski definition) is 1. The lowest BCUT2D eigenvalue weighted by Crippen LogP contribution is -2.32. The number of azo groups is 2. The molecule has 4 aromatic carbocycles. The Morgan fingerprint density at radius 3 is 2.11 bits per heavy atom.